The number of para-hydroxylation sites is 1. The molecule has 2 aromatic heterocycles. The maximum Gasteiger partial charge on any atom is 0.256 e. The summed E-state index contributed by atoms with van der Waals surface area (Å²) >= 11 is 0. The number of benzene rings is 1. The molecule has 1 aliphatic carbocycles. The molecule has 1 N–H and O–H groups in total. The normalized spacial score (nSPS) is 21.0. The van der Waals surface area contributed by atoms with Crippen LogP contribution >= 0.6 is 0 Å². The minimum atomic E-state index is -0.116. The van der Waals surface area contributed by atoms with Crippen molar-refractivity contribution in [1.29, 1.82) is 0 Å². The minimum absolute atomic E-state index is 0.0355. The van der Waals surface area contributed by atoms with Gasteiger partial charge < -0.3 is 14.4 Å². The average molecular weight is 336 g/mol. The zero-order chi connectivity index (χ0) is 16.8. The molecule has 1 aromatic carbocycles. The number of amides is 1. The number of piperidine rings is 1. The molecular weight excluding hydrogens is 316 g/mol. The number of carbonyl (C=O) groups is 1. The number of nitrogens with zero attached hydrogens (tertiary/aromatic N) is 3. The van der Waals surface area contributed by atoms with Gasteiger partial charge in [-0.1, -0.05) is 23.4 Å². The summed E-state index contributed by atoms with van der Waals surface area (Å²) in [5.41, 5.74) is 1.69. The smallest absolute Gasteiger partial charge is 0.256 e. The van der Waals surface area contributed by atoms with Crippen LogP contribution in [0.25, 0.3) is 10.9 Å². The number of hydrogen-bond donors (Lipinski definition) is 1. The third-order valence-corrected chi connectivity index (χ3v) is 5.27. The van der Waals surface area contributed by atoms with Crippen LogP contribution in [0.5, 0.6) is 0 Å². The van der Waals surface area contributed by atoms with E-state index in [0.29, 0.717) is 17.4 Å². The largest absolute Gasteiger partial charge is 0.360 e. The van der Waals surface area contributed by atoms with Gasteiger partial charge in [-0.15, -0.1) is 0 Å². The van der Waals surface area contributed by atoms with Gasteiger partial charge in [0.05, 0.1) is 5.56 Å². The summed E-state index contributed by atoms with van der Waals surface area (Å²) in [6.07, 6.45) is 7.05. The molecule has 1 atom stereocenters. The van der Waals surface area contributed by atoms with Gasteiger partial charge in [0.15, 0.2) is 5.82 Å². The van der Waals surface area contributed by atoms with Gasteiger partial charge in [0, 0.05) is 29.6 Å². The molecule has 6 heteroatoms. The Hall–Kier alpha value is -2.63. The molecular formula is C19H20N4O2. The Bertz CT molecular complexity index is 924. The molecule has 0 bridgehead atoms. The summed E-state index contributed by atoms with van der Waals surface area (Å²) in [4.78, 5) is 22.9. The molecule has 0 spiro atoms. The van der Waals surface area contributed by atoms with E-state index in [-0.39, 0.29) is 11.9 Å². The fourth-order valence-corrected chi connectivity index (χ4v) is 3.72. The van der Waals surface area contributed by atoms with Gasteiger partial charge in [-0.25, -0.2) is 0 Å². The second-order valence-electron chi connectivity index (χ2n) is 7.02. The highest BCUT2D eigenvalue weighted by atomic mass is 16.5. The molecule has 3 aromatic rings. The summed E-state index contributed by atoms with van der Waals surface area (Å²) in [5, 5.41) is 5.09. The van der Waals surface area contributed by atoms with Crippen molar-refractivity contribution in [2.75, 3.05) is 6.54 Å². The van der Waals surface area contributed by atoms with Crippen LogP contribution in [-0.2, 0) is 0 Å². The fourth-order valence-electron chi connectivity index (χ4n) is 3.72. The Labute approximate surface area is 145 Å². The van der Waals surface area contributed by atoms with Crippen LogP contribution in [0.2, 0.25) is 0 Å². The van der Waals surface area contributed by atoms with Crippen molar-refractivity contribution in [3.05, 3.63) is 47.7 Å². The Morgan fingerprint density at radius 1 is 1.20 bits per heavy atom. The van der Waals surface area contributed by atoms with E-state index in [2.05, 4.69) is 15.1 Å². The van der Waals surface area contributed by atoms with Gasteiger partial charge in [-0.3, -0.25) is 4.79 Å². The summed E-state index contributed by atoms with van der Waals surface area (Å²) < 4.78 is 5.53. The molecule has 2 fully saturated rings. The number of nitrogens with one attached hydrogen (secondary N) is 1. The maximum absolute atomic E-state index is 13.2. The Morgan fingerprint density at radius 2 is 2.08 bits per heavy atom. The lowest BCUT2D eigenvalue weighted by Crippen LogP contribution is -2.38. The molecule has 1 saturated heterocycles. The van der Waals surface area contributed by atoms with E-state index in [1.54, 1.807) is 0 Å². The molecule has 2 aliphatic rings. The predicted molar refractivity (Wildman–Crippen MR) is 92.2 cm³/mol. The molecule has 0 radical (unpaired) electrons. The number of rotatable bonds is 3. The first-order valence-electron chi connectivity index (χ1n) is 9.02. The van der Waals surface area contributed by atoms with Crippen LogP contribution < -0.4 is 0 Å². The number of hydrogen-bond acceptors (Lipinski definition) is 4. The standard InChI is InChI=1S/C19H20N4O2/c24-19(14-11-20-15-6-2-1-5-13(14)15)23-10-4-3-7-16(23)18-21-17(22-25-18)12-8-9-12/h1-2,5-6,11-12,16,20H,3-4,7-10H2/t16-/m0/s1. The van der Waals surface area contributed by atoms with Crippen LogP contribution in [0.1, 0.15) is 66.1 Å². The van der Waals surface area contributed by atoms with E-state index in [9.17, 15) is 4.79 Å². The first kappa shape index (κ1) is 14.7. The molecule has 1 saturated carbocycles. The molecule has 1 amide bonds. The summed E-state index contributed by atoms with van der Waals surface area (Å²) in [6, 6.07) is 7.78. The van der Waals surface area contributed by atoms with Gasteiger partial charge in [0.25, 0.3) is 5.91 Å². The van der Waals surface area contributed by atoms with Crippen molar-refractivity contribution in [3.63, 3.8) is 0 Å². The Kier molecular flexibility index (Phi) is 3.36. The second-order valence-corrected chi connectivity index (χ2v) is 7.02. The van der Waals surface area contributed by atoms with Crippen molar-refractivity contribution in [2.45, 2.75) is 44.1 Å². The fraction of sp³-hybridized carbons (Fsp3) is 0.421. The number of H-pyrrole nitrogens is 1. The summed E-state index contributed by atoms with van der Waals surface area (Å²) in [5.74, 6) is 1.89. The van der Waals surface area contributed by atoms with E-state index in [4.69, 9.17) is 4.52 Å². The lowest BCUT2D eigenvalue weighted by atomic mass is 10.0. The van der Waals surface area contributed by atoms with Crippen LogP contribution in [0.3, 0.4) is 0 Å². The van der Waals surface area contributed by atoms with Crippen LogP contribution in [0, 0.1) is 0 Å². The quantitative estimate of drug-likeness (QED) is 0.789. The number of likely N-dealkylation sites (tertiary alicyclic amines) is 1. The van der Waals surface area contributed by atoms with Crippen LogP contribution in [-0.4, -0.2) is 32.5 Å². The zero-order valence-corrected chi connectivity index (χ0v) is 13.9. The van der Waals surface area contributed by atoms with Gasteiger partial charge in [0.2, 0.25) is 5.89 Å². The van der Waals surface area contributed by atoms with E-state index < -0.39 is 0 Å². The predicted octanol–water partition coefficient (Wildman–Crippen LogP) is 3.80. The molecule has 0 unspecified atom stereocenters. The lowest BCUT2D eigenvalue weighted by molar-refractivity contribution is 0.0563. The highest BCUT2D eigenvalue weighted by molar-refractivity contribution is 6.06. The second kappa shape index (κ2) is 5.72. The Morgan fingerprint density at radius 3 is 2.96 bits per heavy atom. The summed E-state index contributed by atoms with van der Waals surface area (Å²) in [6.45, 7) is 0.726. The molecule has 1 aliphatic heterocycles. The van der Waals surface area contributed by atoms with E-state index in [0.717, 1.165) is 55.4 Å². The number of carbonyl (C=O) groups excluding carboxylic acids is 1. The van der Waals surface area contributed by atoms with Crippen molar-refractivity contribution < 1.29 is 9.32 Å². The number of aromatic amines is 1. The maximum atomic E-state index is 13.2. The highest BCUT2D eigenvalue weighted by Crippen LogP contribution is 2.40. The van der Waals surface area contributed by atoms with Crippen molar-refractivity contribution in [1.82, 2.24) is 20.0 Å². The van der Waals surface area contributed by atoms with Crippen molar-refractivity contribution in [2.24, 2.45) is 0 Å². The Balaban J connectivity index is 1.48. The van der Waals surface area contributed by atoms with Gasteiger partial charge >= 0.3 is 0 Å². The number of aromatic nitrogens is 3. The molecule has 128 valence electrons. The van der Waals surface area contributed by atoms with Crippen molar-refractivity contribution in [3.8, 4) is 0 Å². The zero-order valence-electron chi connectivity index (χ0n) is 13.9. The first-order valence-corrected chi connectivity index (χ1v) is 9.02. The monoisotopic (exact) mass is 336 g/mol. The SMILES string of the molecule is O=C(c1c[nH]c2ccccc12)N1CCCC[C@H]1c1nc(C2CC2)no1. The van der Waals surface area contributed by atoms with Gasteiger partial charge in [-0.05, 0) is 38.2 Å². The molecule has 6 nitrogen and oxygen atoms in total. The van der Waals surface area contributed by atoms with Crippen LogP contribution in [0.4, 0.5) is 0 Å². The van der Waals surface area contributed by atoms with Crippen LogP contribution in [0.15, 0.2) is 35.0 Å². The average Bonchev–Trinajstić information content (AvgIpc) is 3.23. The molecule has 5 rings (SSSR count). The third-order valence-electron chi connectivity index (χ3n) is 5.27. The van der Waals surface area contributed by atoms with Crippen molar-refractivity contribution >= 4 is 16.8 Å². The highest BCUT2D eigenvalue weighted by Gasteiger charge is 2.35. The molecule has 3 heterocycles. The van der Waals surface area contributed by atoms with Gasteiger partial charge in [-0.2, -0.15) is 4.98 Å². The molecule has 25 heavy (non-hydrogen) atoms. The summed E-state index contributed by atoms with van der Waals surface area (Å²) in [7, 11) is 0. The van der Waals surface area contributed by atoms with E-state index in [1.807, 2.05) is 35.4 Å². The minimum Gasteiger partial charge on any atom is -0.360 e. The first-order chi connectivity index (χ1) is 12.3. The van der Waals surface area contributed by atoms with Gasteiger partial charge in [0.1, 0.15) is 6.04 Å². The number of fused-ring (bicyclic) bond motifs is 1. The lowest BCUT2D eigenvalue weighted by Gasteiger charge is -2.33. The third kappa shape index (κ3) is 2.52. The topological polar surface area (TPSA) is 75.0 Å². The van der Waals surface area contributed by atoms with E-state index >= 15 is 0 Å². The van der Waals surface area contributed by atoms with E-state index in [1.165, 1.54) is 0 Å².